The molecule has 0 saturated heterocycles. The van der Waals surface area contributed by atoms with Crippen LogP contribution in [0.1, 0.15) is 127 Å². The molecule has 3 aliphatic rings. The summed E-state index contributed by atoms with van der Waals surface area (Å²) in [6, 6.07) is 32.9. The number of hydrogen-bond donors (Lipinski definition) is 2. The molecule has 3 aliphatic carbocycles. The van der Waals surface area contributed by atoms with Gasteiger partial charge in [-0.15, -0.1) is 0 Å². The summed E-state index contributed by atoms with van der Waals surface area (Å²) in [7, 11) is 0. The number of fused-ring (bicyclic) bond motifs is 1. The molecule has 2 N–H and O–H groups in total. The predicted octanol–water partition coefficient (Wildman–Crippen LogP) is 10.1. The molecule has 41 heavy (non-hydrogen) atoms. The molecule has 2 fully saturated rings. The summed E-state index contributed by atoms with van der Waals surface area (Å²) in [6.07, 6.45) is 13.1. The maximum atomic E-state index is 11.1. The summed E-state index contributed by atoms with van der Waals surface area (Å²) in [5.41, 5.74) is 8.49. The topological polar surface area (TPSA) is 40.5 Å². The van der Waals surface area contributed by atoms with Crippen molar-refractivity contribution in [1.29, 1.82) is 0 Å². The first-order valence-corrected chi connectivity index (χ1v) is 16.0. The van der Waals surface area contributed by atoms with Crippen molar-refractivity contribution in [2.24, 2.45) is 0 Å². The van der Waals surface area contributed by atoms with Crippen molar-refractivity contribution in [3.63, 3.8) is 0 Å². The summed E-state index contributed by atoms with van der Waals surface area (Å²) in [5, 5.41) is 22.3. The minimum Gasteiger partial charge on any atom is -0.508 e. The van der Waals surface area contributed by atoms with E-state index in [0.29, 0.717) is 23.3 Å². The SMILES string of the molecule is Oc1ccc(C2(c3ccc(O)c(C4CCCCC4)c3)CC(c3ccccc3)c3ccccc32)cc1C1CCCCC1. The van der Waals surface area contributed by atoms with E-state index < -0.39 is 0 Å². The Morgan fingerprint density at radius 3 is 1.59 bits per heavy atom. The van der Waals surface area contributed by atoms with Gasteiger partial charge in [0, 0.05) is 11.3 Å². The Kier molecular flexibility index (Phi) is 7.11. The van der Waals surface area contributed by atoms with Crippen molar-refractivity contribution < 1.29 is 10.2 Å². The van der Waals surface area contributed by atoms with Crippen LogP contribution >= 0.6 is 0 Å². The Morgan fingerprint density at radius 1 is 0.512 bits per heavy atom. The molecule has 2 nitrogen and oxygen atoms in total. The summed E-state index contributed by atoms with van der Waals surface area (Å²) in [6.45, 7) is 0. The molecule has 1 unspecified atom stereocenters. The number of aromatic hydroxyl groups is 2. The lowest BCUT2D eigenvalue weighted by Gasteiger charge is -2.35. The zero-order valence-corrected chi connectivity index (χ0v) is 24.1. The molecule has 0 spiro atoms. The second-order valence-corrected chi connectivity index (χ2v) is 12.9. The van der Waals surface area contributed by atoms with Gasteiger partial charge in [-0.25, -0.2) is 0 Å². The Balaban J connectivity index is 1.45. The van der Waals surface area contributed by atoms with Crippen molar-refractivity contribution in [1.82, 2.24) is 0 Å². The molecular formula is C39H42O2. The number of benzene rings is 4. The highest BCUT2D eigenvalue weighted by molar-refractivity contribution is 5.62. The van der Waals surface area contributed by atoms with Crippen LogP contribution in [0.2, 0.25) is 0 Å². The lowest BCUT2D eigenvalue weighted by molar-refractivity contribution is 0.412. The number of phenolic OH excluding ortho intramolecular Hbond substituents is 2. The third-order valence-electron chi connectivity index (χ3n) is 10.6. The van der Waals surface area contributed by atoms with E-state index in [1.807, 2.05) is 12.1 Å². The molecule has 4 aromatic rings. The van der Waals surface area contributed by atoms with Gasteiger partial charge >= 0.3 is 0 Å². The largest absolute Gasteiger partial charge is 0.508 e. The van der Waals surface area contributed by atoms with E-state index in [0.717, 1.165) is 43.2 Å². The standard InChI is InChI=1S/C39H42O2/c40-37-22-20-30(24-33(37)27-12-4-1-5-13-27)39(31-21-23-38(41)34(25-31)28-14-6-2-7-15-28)26-35(29-16-8-3-9-17-29)32-18-10-11-19-36(32)39/h3,8-11,16-25,27-28,35,40-41H,1-2,4-7,12-15,26H2. The molecule has 2 saturated carbocycles. The van der Waals surface area contributed by atoms with Gasteiger partial charge < -0.3 is 10.2 Å². The van der Waals surface area contributed by atoms with Gasteiger partial charge in [0.05, 0.1) is 0 Å². The van der Waals surface area contributed by atoms with E-state index in [2.05, 4.69) is 78.9 Å². The average molecular weight is 543 g/mol. The number of hydrogen-bond acceptors (Lipinski definition) is 2. The molecule has 0 bridgehead atoms. The second kappa shape index (κ2) is 11.0. The molecule has 7 rings (SSSR count). The van der Waals surface area contributed by atoms with Crippen LogP contribution in [0.3, 0.4) is 0 Å². The van der Waals surface area contributed by atoms with Gasteiger partial charge in [-0.2, -0.15) is 0 Å². The molecule has 0 aliphatic heterocycles. The molecule has 210 valence electrons. The third kappa shape index (κ3) is 4.66. The van der Waals surface area contributed by atoms with E-state index in [-0.39, 0.29) is 11.3 Å². The van der Waals surface area contributed by atoms with E-state index in [4.69, 9.17) is 0 Å². The lowest BCUT2D eigenvalue weighted by atomic mass is 9.67. The minimum atomic E-state index is -0.370. The fraction of sp³-hybridized carbons (Fsp3) is 0.385. The first-order valence-electron chi connectivity index (χ1n) is 16.0. The fourth-order valence-electron chi connectivity index (χ4n) is 8.53. The third-order valence-corrected chi connectivity index (χ3v) is 10.6. The molecule has 1 atom stereocenters. The highest BCUT2D eigenvalue weighted by Crippen LogP contribution is 2.57. The van der Waals surface area contributed by atoms with Crippen molar-refractivity contribution in [2.45, 2.75) is 93.8 Å². The Hall–Kier alpha value is -3.52. The Labute approximate surface area is 245 Å². The Morgan fingerprint density at radius 2 is 1.02 bits per heavy atom. The fourth-order valence-corrected chi connectivity index (χ4v) is 8.53. The van der Waals surface area contributed by atoms with Crippen molar-refractivity contribution in [3.05, 3.63) is 130 Å². The van der Waals surface area contributed by atoms with Crippen LogP contribution < -0.4 is 0 Å². The van der Waals surface area contributed by atoms with Gasteiger partial charge in [-0.1, -0.05) is 117 Å². The monoisotopic (exact) mass is 542 g/mol. The molecular weight excluding hydrogens is 500 g/mol. The number of phenols is 2. The lowest BCUT2D eigenvalue weighted by Crippen LogP contribution is -2.27. The molecule has 2 heteroatoms. The summed E-state index contributed by atoms with van der Waals surface area (Å²) >= 11 is 0. The molecule has 0 amide bonds. The van der Waals surface area contributed by atoms with E-state index in [1.54, 1.807) is 0 Å². The number of rotatable bonds is 5. The van der Waals surface area contributed by atoms with Gasteiger partial charge in [-0.3, -0.25) is 0 Å². The van der Waals surface area contributed by atoms with Crippen LogP contribution in [0.25, 0.3) is 0 Å². The quantitative estimate of drug-likeness (QED) is 0.263. The first-order chi connectivity index (χ1) is 20.1. The maximum absolute atomic E-state index is 11.1. The van der Waals surface area contributed by atoms with Gasteiger partial charge in [0.1, 0.15) is 11.5 Å². The van der Waals surface area contributed by atoms with Gasteiger partial charge in [0.25, 0.3) is 0 Å². The zero-order chi connectivity index (χ0) is 27.8. The van der Waals surface area contributed by atoms with E-state index in [9.17, 15) is 10.2 Å². The van der Waals surface area contributed by atoms with Crippen LogP contribution in [0.15, 0.2) is 91.0 Å². The second-order valence-electron chi connectivity index (χ2n) is 12.9. The van der Waals surface area contributed by atoms with Crippen LogP contribution in [0.4, 0.5) is 0 Å². The normalized spacial score (nSPS) is 21.0. The van der Waals surface area contributed by atoms with Crippen LogP contribution in [0.5, 0.6) is 11.5 Å². The minimum absolute atomic E-state index is 0.270. The van der Waals surface area contributed by atoms with Gasteiger partial charge in [0.15, 0.2) is 0 Å². The van der Waals surface area contributed by atoms with E-state index >= 15 is 0 Å². The van der Waals surface area contributed by atoms with Crippen molar-refractivity contribution in [3.8, 4) is 11.5 Å². The summed E-state index contributed by atoms with van der Waals surface area (Å²) in [5.74, 6) is 1.98. The van der Waals surface area contributed by atoms with Gasteiger partial charge in [0.2, 0.25) is 0 Å². The predicted molar refractivity (Wildman–Crippen MR) is 167 cm³/mol. The van der Waals surface area contributed by atoms with Crippen LogP contribution in [-0.4, -0.2) is 10.2 Å². The Bertz CT molecular complexity index is 1440. The van der Waals surface area contributed by atoms with Gasteiger partial charge in [-0.05, 0) is 95.0 Å². The molecule has 0 aromatic heterocycles. The van der Waals surface area contributed by atoms with Crippen LogP contribution in [0, 0.1) is 0 Å². The van der Waals surface area contributed by atoms with Crippen molar-refractivity contribution in [2.75, 3.05) is 0 Å². The molecule has 0 heterocycles. The summed E-state index contributed by atoms with van der Waals surface area (Å²) in [4.78, 5) is 0. The highest BCUT2D eigenvalue weighted by Gasteiger charge is 2.47. The van der Waals surface area contributed by atoms with Crippen molar-refractivity contribution >= 4 is 0 Å². The highest BCUT2D eigenvalue weighted by atomic mass is 16.3. The maximum Gasteiger partial charge on any atom is 0.119 e. The summed E-state index contributed by atoms with van der Waals surface area (Å²) < 4.78 is 0. The smallest absolute Gasteiger partial charge is 0.119 e. The van der Waals surface area contributed by atoms with E-state index in [1.165, 1.54) is 66.3 Å². The van der Waals surface area contributed by atoms with Crippen LogP contribution in [-0.2, 0) is 5.41 Å². The average Bonchev–Trinajstić information content (AvgIpc) is 3.39. The molecule has 4 aromatic carbocycles. The first kappa shape index (κ1) is 26.4. The molecule has 0 radical (unpaired) electrons. The zero-order valence-electron chi connectivity index (χ0n) is 24.1.